The minimum atomic E-state index is 0.243. The van der Waals surface area contributed by atoms with E-state index in [1.54, 1.807) is 0 Å². The first kappa shape index (κ1) is 13.1. The Morgan fingerprint density at radius 2 is 2.17 bits per heavy atom. The molecule has 1 aliphatic rings. The monoisotopic (exact) mass is 250 g/mol. The van der Waals surface area contributed by atoms with Gasteiger partial charge in [-0.05, 0) is 26.7 Å². The van der Waals surface area contributed by atoms with E-state index in [1.165, 1.54) is 0 Å². The third-order valence-electron chi connectivity index (χ3n) is 3.10. The maximum absolute atomic E-state index is 5.54. The van der Waals surface area contributed by atoms with Gasteiger partial charge >= 0.3 is 0 Å². The van der Waals surface area contributed by atoms with Crippen molar-refractivity contribution in [1.82, 2.24) is 9.97 Å². The maximum Gasteiger partial charge on any atom is 0.132 e. The van der Waals surface area contributed by atoms with Gasteiger partial charge in [0, 0.05) is 19.2 Å². The topological polar surface area (TPSA) is 59.1 Å². The molecule has 0 aliphatic carbocycles. The summed E-state index contributed by atoms with van der Waals surface area (Å²) in [5, 5.41) is 6.72. The average Bonchev–Trinajstić information content (AvgIpc) is 2.72. The quantitative estimate of drug-likeness (QED) is 0.839. The number of aryl methyl sites for hydroxylation is 1. The van der Waals surface area contributed by atoms with Crippen molar-refractivity contribution >= 4 is 11.6 Å². The van der Waals surface area contributed by atoms with Crippen molar-refractivity contribution < 1.29 is 4.74 Å². The van der Waals surface area contributed by atoms with Crippen LogP contribution in [0.5, 0.6) is 0 Å². The second-order valence-electron chi connectivity index (χ2n) is 4.73. The Hall–Kier alpha value is -1.36. The van der Waals surface area contributed by atoms with E-state index in [0.717, 1.165) is 43.5 Å². The molecule has 0 aromatic carbocycles. The molecule has 5 nitrogen and oxygen atoms in total. The van der Waals surface area contributed by atoms with Crippen LogP contribution in [-0.2, 0) is 4.74 Å². The van der Waals surface area contributed by atoms with Crippen LogP contribution in [0.4, 0.5) is 11.6 Å². The summed E-state index contributed by atoms with van der Waals surface area (Å²) in [6.45, 7) is 7.90. The molecule has 2 N–H and O–H groups in total. The van der Waals surface area contributed by atoms with Crippen LogP contribution in [0.2, 0.25) is 0 Å². The fourth-order valence-electron chi connectivity index (χ4n) is 2.10. The summed E-state index contributed by atoms with van der Waals surface area (Å²) >= 11 is 0. The molecule has 1 aromatic rings. The van der Waals surface area contributed by atoms with Gasteiger partial charge in [0.1, 0.15) is 17.5 Å². The maximum atomic E-state index is 5.54. The first-order valence-electron chi connectivity index (χ1n) is 6.66. The van der Waals surface area contributed by atoms with E-state index in [-0.39, 0.29) is 6.10 Å². The largest absolute Gasteiger partial charge is 0.376 e. The number of aromatic nitrogens is 2. The van der Waals surface area contributed by atoms with E-state index in [4.69, 9.17) is 4.74 Å². The Kier molecular flexibility index (Phi) is 4.36. The standard InChI is InChI=1S/C13H22N4O/c1-4-6-14-12-8-13(16-10(3)15-12)17-11-5-7-18-9(11)2/h8-9,11H,4-7H2,1-3H3,(H2,14,15,16,17). The molecule has 0 spiro atoms. The molecule has 2 unspecified atom stereocenters. The molecule has 100 valence electrons. The van der Waals surface area contributed by atoms with E-state index >= 15 is 0 Å². The van der Waals surface area contributed by atoms with Crippen molar-refractivity contribution in [3.63, 3.8) is 0 Å². The van der Waals surface area contributed by atoms with Crippen molar-refractivity contribution in [3.05, 3.63) is 11.9 Å². The third-order valence-corrected chi connectivity index (χ3v) is 3.10. The molecule has 0 radical (unpaired) electrons. The number of hydrogen-bond acceptors (Lipinski definition) is 5. The highest BCUT2D eigenvalue weighted by molar-refractivity contribution is 5.48. The molecule has 2 rings (SSSR count). The Balaban J connectivity index is 2.05. The zero-order chi connectivity index (χ0) is 13.0. The van der Waals surface area contributed by atoms with Crippen LogP contribution in [0.3, 0.4) is 0 Å². The minimum Gasteiger partial charge on any atom is -0.376 e. The fraction of sp³-hybridized carbons (Fsp3) is 0.692. The van der Waals surface area contributed by atoms with Crippen LogP contribution in [0.1, 0.15) is 32.5 Å². The van der Waals surface area contributed by atoms with E-state index in [9.17, 15) is 0 Å². The van der Waals surface area contributed by atoms with Gasteiger partial charge in [-0.2, -0.15) is 0 Å². The van der Waals surface area contributed by atoms with Gasteiger partial charge in [0.25, 0.3) is 0 Å². The van der Waals surface area contributed by atoms with Crippen LogP contribution in [-0.4, -0.2) is 35.3 Å². The Bertz CT molecular complexity index is 397. The Labute approximate surface area is 108 Å². The zero-order valence-electron chi connectivity index (χ0n) is 11.4. The fourth-order valence-corrected chi connectivity index (χ4v) is 2.10. The first-order chi connectivity index (χ1) is 8.69. The van der Waals surface area contributed by atoms with Crippen LogP contribution in [0.25, 0.3) is 0 Å². The zero-order valence-corrected chi connectivity index (χ0v) is 11.4. The molecule has 1 aliphatic heterocycles. The van der Waals surface area contributed by atoms with Crippen LogP contribution in [0, 0.1) is 6.92 Å². The van der Waals surface area contributed by atoms with Crippen molar-refractivity contribution in [2.45, 2.75) is 45.8 Å². The van der Waals surface area contributed by atoms with Crippen molar-refractivity contribution in [2.24, 2.45) is 0 Å². The van der Waals surface area contributed by atoms with Gasteiger partial charge in [0.15, 0.2) is 0 Å². The van der Waals surface area contributed by atoms with E-state index in [2.05, 4.69) is 34.4 Å². The number of rotatable bonds is 5. The molecule has 0 saturated carbocycles. The summed E-state index contributed by atoms with van der Waals surface area (Å²) in [5.74, 6) is 2.55. The number of ether oxygens (including phenoxy) is 1. The predicted octanol–water partition coefficient (Wildman–Crippen LogP) is 2.20. The van der Waals surface area contributed by atoms with Crippen molar-refractivity contribution in [3.8, 4) is 0 Å². The van der Waals surface area contributed by atoms with Gasteiger partial charge in [0.2, 0.25) is 0 Å². The summed E-state index contributed by atoms with van der Waals surface area (Å²) in [6.07, 6.45) is 2.36. The van der Waals surface area contributed by atoms with Gasteiger partial charge in [-0.25, -0.2) is 9.97 Å². The van der Waals surface area contributed by atoms with E-state index in [1.807, 2.05) is 13.0 Å². The third kappa shape index (κ3) is 3.32. The molecule has 2 heterocycles. The summed E-state index contributed by atoms with van der Waals surface area (Å²) in [6, 6.07) is 2.31. The van der Waals surface area contributed by atoms with E-state index in [0.29, 0.717) is 6.04 Å². The average molecular weight is 250 g/mol. The molecule has 1 fully saturated rings. The first-order valence-corrected chi connectivity index (χ1v) is 6.66. The van der Waals surface area contributed by atoms with Gasteiger partial charge in [-0.15, -0.1) is 0 Å². The summed E-state index contributed by atoms with van der Waals surface area (Å²) in [4.78, 5) is 8.79. The molecule has 0 bridgehead atoms. The minimum absolute atomic E-state index is 0.243. The summed E-state index contributed by atoms with van der Waals surface area (Å²) < 4.78 is 5.54. The number of nitrogens with one attached hydrogen (secondary N) is 2. The summed E-state index contributed by atoms with van der Waals surface area (Å²) in [7, 11) is 0. The molecule has 1 aromatic heterocycles. The van der Waals surface area contributed by atoms with E-state index < -0.39 is 0 Å². The second kappa shape index (κ2) is 6.00. The molecular weight excluding hydrogens is 228 g/mol. The Morgan fingerprint density at radius 1 is 1.39 bits per heavy atom. The predicted molar refractivity (Wildman–Crippen MR) is 73.0 cm³/mol. The molecular formula is C13H22N4O. The number of hydrogen-bond donors (Lipinski definition) is 2. The number of anilines is 2. The van der Waals surface area contributed by atoms with Crippen LogP contribution in [0.15, 0.2) is 6.07 Å². The smallest absolute Gasteiger partial charge is 0.132 e. The highest BCUT2D eigenvalue weighted by atomic mass is 16.5. The molecule has 2 atom stereocenters. The SMILES string of the molecule is CCCNc1cc(NC2CCOC2C)nc(C)n1. The lowest BCUT2D eigenvalue weighted by atomic mass is 10.1. The lowest BCUT2D eigenvalue weighted by Gasteiger charge is -2.17. The van der Waals surface area contributed by atoms with Gasteiger partial charge in [-0.3, -0.25) is 0 Å². The van der Waals surface area contributed by atoms with Gasteiger partial charge < -0.3 is 15.4 Å². The molecule has 5 heteroatoms. The van der Waals surface area contributed by atoms with Crippen molar-refractivity contribution in [1.29, 1.82) is 0 Å². The lowest BCUT2D eigenvalue weighted by molar-refractivity contribution is 0.121. The van der Waals surface area contributed by atoms with Gasteiger partial charge in [0.05, 0.1) is 12.1 Å². The molecule has 1 saturated heterocycles. The highest BCUT2D eigenvalue weighted by Crippen LogP contribution is 2.19. The van der Waals surface area contributed by atoms with Gasteiger partial charge in [-0.1, -0.05) is 6.92 Å². The van der Waals surface area contributed by atoms with Crippen LogP contribution < -0.4 is 10.6 Å². The molecule has 0 amide bonds. The Morgan fingerprint density at radius 3 is 2.83 bits per heavy atom. The van der Waals surface area contributed by atoms with Crippen LogP contribution >= 0.6 is 0 Å². The number of nitrogens with zero attached hydrogens (tertiary/aromatic N) is 2. The molecule has 18 heavy (non-hydrogen) atoms. The lowest BCUT2D eigenvalue weighted by Crippen LogP contribution is -2.27. The highest BCUT2D eigenvalue weighted by Gasteiger charge is 2.24. The second-order valence-corrected chi connectivity index (χ2v) is 4.73. The normalized spacial score (nSPS) is 23.1. The summed E-state index contributed by atoms with van der Waals surface area (Å²) in [5.41, 5.74) is 0. The van der Waals surface area contributed by atoms with Crippen molar-refractivity contribution in [2.75, 3.05) is 23.8 Å².